The van der Waals surface area contributed by atoms with Gasteiger partial charge in [0.2, 0.25) is 0 Å². The van der Waals surface area contributed by atoms with Crippen molar-refractivity contribution in [2.45, 2.75) is 31.4 Å². The Hall–Kier alpha value is -2.40. The Balaban J connectivity index is 1.65. The summed E-state index contributed by atoms with van der Waals surface area (Å²) in [6.45, 7) is 3.87. The molecule has 0 spiro atoms. The quantitative estimate of drug-likeness (QED) is 0.875. The molecule has 2 unspecified atom stereocenters. The van der Waals surface area contributed by atoms with E-state index in [0.717, 1.165) is 37.0 Å². The van der Waals surface area contributed by atoms with Gasteiger partial charge >= 0.3 is 5.97 Å². The highest BCUT2D eigenvalue weighted by atomic mass is 16.5. The SMILES string of the molecule is CC1(n2cnc3ccccc32)C=CC=CC1C(=O)OC1CCNCC1. The van der Waals surface area contributed by atoms with Crippen molar-refractivity contribution in [3.8, 4) is 0 Å². The molecule has 1 aliphatic carbocycles. The van der Waals surface area contributed by atoms with E-state index in [-0.39, 0.29) is 18.0 Å². The first kappa shape index (κ1) is 16.1. The summed E-state index contributed by atoms with van der Waals surface area (Å²) in [5.74, 6) is -0.530. The van der Waals surface area contributed by atoms with Crippen LogP contribution in [0.15, 0.2) is 54.9 Å². The zero-order valence-electron chi connectivity index (χ0n) is 14.4. The third kappa shape index (κ3) is 2.89. The van der Waals surface area contributed by atoms with Crippen molar-refractivity contribution in [1.29, 1.82) is 0 Å². The van der Waals surface area contributed by atoms with Crippen LogP contribution in [0.2, 0.25) is 0 Å². The predicted molar refractivity (Wildman–Crippen MR) is 97.1 cm³/mol. The molecule has 2 aliphatic rings. The minimum absolute atomic E-state index is 0.0110. The number of para-hydroxylation sites is 2. The van der Waals surface area contributed by atoms with Crippen molar-refractivity contribution in [2.75, 3.05) is 13.1 Å². The maximum absolute atomic E-state index is 13.0. The molecule has 5 heteroatoms. The van der Waals surface area contributed by atoms with E-state index in [2.05, 4.69) is 27.9 Å². The van der Waals surface area contributed by atoms with Gasteiger partial charge in [-0.3, -0.25) is 4.79 Å². The van der Waals surface area contributed by atoms with Gasteiger partial charge in [0.05, 0.1) is 22.9 Å². The second-order valence-corrected chi connectivity index (χ2v) is 6.94. The Bertz CT molecular complexity index is 832. The number of benzene rings is 1. The van der Waals surface area contributed by atoms with Crippen molar-refractivity contribution in [3.05, 3.63) is 54.9 Å². The van der Waals surface area contributed by atoms with Crippen LogP contribution >= 0.6 is 0 Å². The maximum atomic E-state index is 13.0. The minimum atomic E-state index is -0.533. The normalized spacial score (nSPS) is 26.8. The summed E-state index contributed by atoms with van der Waals surface area (Å²) in [7, 11) is 0. The standard InChI is InChI=1S/C20H23N3O2/c1-20(23-14-22-17-7-2-3-8-18(17)23)11-5-4-6-16(20)19(24)25-15-9-12-21-13-10-15/h2-8,11,14-16,21H,9-10,12-13H2,1H3. The van der Waals surface area contributed by atoms with Gasteiger partial charge in [0.15, 0.2) is 0 Å². The van der Waals surface area contributed by atoms with Crippen molar-refractivity contribution >= 4 is 17.0 Å². The van der Waals surface area contributed by atoms with E-state index in [1.165, 1.54) is 0 Å². The Morgan fingerprint density at radius 2 is 2.08 bits per heavy atom. The summed E-state index contributed by atoms with van der Waals surface area (Å²) in [6, 6.07) is 7.99. The number of carbonyl (C=O) groups is 1. The topological polar surface area (TPSA) is 56.2 Å². The van der Waals surface area contributed by atoms with Gasteiger partial charge in [-0.15, -0.1) is 0 Å². The highest BCUT2D eigenvalue weighted by molar-refractivity contribution is 5.79. The molecular formula is C20H23N3O2. The summed E-state index contributed by atoms with van der Waals surface area (Å²) in [5.41, 5.74) is 1.41. The highest BCUT2D eigenvalue weighted by Crippen LogP contribution is 2.36. The van der Waals surface area contributed by atoms with Gasteiger partial charge < -0.3 is 14.6 Å². The van der Waals surface area contributed by atoms with E-state index in [9.17, 15) is 4.79 Å². The highest BCUT2D eigenvalue weighted by Gasteiger charge is 2.41. The Morgan fingerprint density at radius 3 is 2.92 bits per heavy atom. The lowest BCUT2D eigenvalue weighted by Gasteiger charge is -2.36. The molecule has 2 atom stereocenters. The molecule has 1 aromatic carbocycles. The number of aromatic nitrogens is 2. The minimum Gasteiger partial charge on any atom is -0.462 e. The van der Waals surface area contributed by atoms with Crippen molar-refractivity contribution in [2.24, 2.45) is 5.92 Å². The smallest absolute Gasteiger partial charge is 0.315 e. The number of hydrogen-bond acceptors (Lipinski definition) is 4. The van der Waals surface area contributed by atoms with Crippen LogP contribution in [-0.4, -0.2) is 34.7 Å². The van der Waals surface area contributed by atoms with Crippen LogP contribution in [0.5, 0.6) is 0 Å². The van der Waals surface area contributed by atoms with Crippen LogP contribution in [0.25, 0.3) is 11.0 Å². The number of carbonyl (C=O) groups excluding carboxylic acids is 1. The lowest BCUT2D eigenvalue weighted by Crippen LogP contribution is -2.43. The molecule has 0 bridgehead atoms. The molecule has 1 N–H and O–H groups in total. The number of rotatable bonds is 3. The molecule has 1 saturated heterocycles. The molecule has 1 aromatic heterocycles. The Morgan fingerprint density at radius 1 is 1.28 bits per heavy atom. The number of hydrogen-bond donors (Lipinski definition) is 1. The monoisotopic (exact) mass is 337 g/mol. The van der Waals surface area contributed by atoms with Crippen LogP contribution in [0.1, 0.15) is 19.8 Å². The van der Waals surface area contributed by atoms with Gasteiger partial charge in [0.1, 0.15) is 12.0 Å². The fourth-order valence-electron chi connectivity index (χ4n) is 3.77. The van der Waals surface area contributed by atoms with Crippen LogP contribution in [0.4, 0.5) is 0 Å². The molecule has 1 fully saturated rings. The zero-order valence-corrected chi connectivity index (χ0v) is 14.4. The second-order valence-electron chi connectivity index (χ2n) is 6.94. The van der Waals surface area contributed by atoms with Crippen LogP contribution in [0, 0.1) is 5.92 Å². The molecule has 2 aromatic rings. The molecule has 1 aliphatic heterocycles. The van der Waals surface area contributed by atoms with E-state index in [4.69, 9.17) is 4.74 Å². The van der Waals surface area contributed by atoms with Gasteiger partial charge in [-0.25, -0.2) is 4.98 Å². The molecule has 4 rings (SSSR count). The molecular weight excluding hydrogens is 314 g/mol. The largest absolute Gasteiger partial charge is 0.462 e. The predicted octanol–water partition coefficient (Wildman–Crippen LogP) is 2.79. The summed E-state index contributed by atoms with van der Waals surface area (Å²) in [6.07, 6.45) is 11.5. The van der Waals surface area contributed by atoms with Gasteiger partial charge in [0, 0.05) is 0 Å². The first-order valence-electron chi connectivity index (χ1n) is 8.88. The van der Waals surface area contributed by atoms with E-state index >= 15 is 0 Å². The number of ether oxygens (including phenoxy) is 1. The Kier molecular flexibility index (Phi) is 4.17. The molecule has 0 amide bonds. The second kappa shape index (κ2) is 6.48. The Labute approximate surface area is 147 Å². The number of nitrogens with zero attached hydrogens (tertiary/aromatic N) is 2. The number of piperidine rings is 1. The average Bonchev–Trinajstić information content (AvgIpc) is 3.08. The maximum Gasteiger partial charge on any atom is 0.315 e. The third-order valence-electron chi connectivity index (χ3n) is 5.27. The number of fused-ring (bicyclic) bond motifs is 1. The summed E-state index contributed by atoms with van der Waals surface area (Å²) in [4.78, 5) is 17.4. The lowest BCUT2D eigenvalue weighted by atomic mass is 9.81. The summed E-state index contributed by atoms with van der Waals surface area (Å²) < 4.78 is 7.92. The molecule has 0 saturated carbocycles. The number of esters is 1. The molecule has 130 valence electrons. The van der Waals surface area contributed by atoms with E-state index in [0.29, 0.717) is 0 Å². The molecule has 0 radical (unpaired) electrons. The van der Waals surface area contributed by atoms with Crippen molar-refractivity contribution in [1.82, 2.24) is 14.9 Å². The van der Waals surface area contributed by atoms with E-state index in [1.807, 2.05) is 48.8 Å². The third-order valence-corrected chi connectivity index (χ3v) is 5.27. The number of nitrogens with one attached hydrogen (secondary N) is 1. The molecule has 2 heterocycles. The van der Waals surface area contributed by atoms with Gasteiger partial charge in [-0.1, -0.05) is 36.4 Å². The molecule has 25 heavy (non-hydrogen) atoms. The van der Waals surface area contributed by atoms with E-state index in [1.54, 1.807) is 0 Å². The fourth-order valence-corrected chi connectivity index (χ4v) is 3.77. The van der Waals surface area contributed by atoms with E-state index < -0.39 is 5.54 Å². The van der Waals surface area contributed by atoms with Crippen molar-refractivity contribution < 1.29 is 9.53 Å². The van der Waals surface area contributed by atoms with Crippen LogP contribution in [-0.2, 0) is 15.1 Å². The zero-order chi connectivity index (χ0) is 17.3. The summed E-state index contributed by atoms with van der Waals surface area (Å²) >= 11 is 0. The first-order chi connectivity index (χ1) is 12.2. The first-order valence-corrected chi connectivity index (χ1v) is 8.88. The summed E-state index contributed by atoms with van der Waals surface area (Å²) in [5, 5.41) is 3.30. The number of imidazole rings is 1. The fraction of sp³-hybridized carbons (Fsp3) is 0.400. The average molecular weight is 337 g/mol. The van der Waals surface area contributed by atoms with Gasteiger partial charge in [0.25, 0.3) is 0 Å². The van der Waals surface area contributed by atoms with Gasteiger partial charge in [-0.2, -0.15) is 0 Å². The molecule has 5 nitrogen and oxygen atoms in total. The van der Waals surface area contributed by atoms with Crippen molar-refractivity contribution in [3.63, 3.8) is 0 Å². The van der Waals surface area contributed by atoms with Crippen LogP contribution in [0.3, 0.4) is 0 Å². The number of allylic oxidation sites excluding steroid dienone is 3. The lowest BCUT2D eigenvalue weighted by molar-refractivity contribution is -0.156. The van der Waals surface area contributed by atoms with Crippen LogP contribution < -0.4 is 5.32 Å². The van der Waals surface area contributed by atoms with Gasteiger partial charge in [-0.05, 0) is 45.0 Å².